The summed E-state index contributed by atoms with van der Waals surface area (Å²) in [6.45, 7) is 5.54. The highest BCUT2D eigenvalue weighted by Crippen LogP contribution is 2.17. The number of benzene rings is 1. The molecule has 0 aliphatic rings. The summed E-state index contributed by atoms with van der Waals surface area (Å²) in [6.07, 6.45) is 0. The van der Waals surface area contributed by atoms with Crippen molar-refractivity contribution < 1.29 is 9.47 Å². The zero-order valence-electron chi connectivity index (χ0n) is 9.39. The van der Waals surface area contributed by atoms with Crippen LogP contribution < -0.4 is 0 Å². The summed E-state index contributed by atoms with van der Waals surface area (Å²) < 4.78 is 10.3. The first kappa shape index (κ1) is 11.2. The zero-order valence-corrected chi connectivity index (χ0v) is 9.39. The van der Waals surface area contributed by atoms with Gasteiger partial charge in [-0.05, 0) is 36.1 Å². The Morgan fingerprint density at radius 3 is 1.50 bits per heavy atom. The molecule has 0 aliphatic heterocycles. The summed E-state index contributed by atoms with van der Waals surface area (Å²) in [6, 6.07) is 4.35. The molecule has 1 aromatic rings. The molecule has 78 valence electrons. The molecule has 0 amide bonds. The first-order chi connectivity index (χ1) is 6.69. The normalized spacial score (nSPS) is 10.6. The second kappa shape index (κ2) is 5.13. The maximum atomic E-state index is 5.15. The third kappa shape index (κ3) is 2.56. The van der Waals surface area contributed by atoms with Crippen molar-refractivity contribution in [3.8, 4) is 0 Å². The predicted octanol–water partition coefficient (Wildman–Crippen LogP) is 2.60. The molecule has 14 heavy (non-hydrogen) atoms. The van der Waals surface area contributed by atoms with E-state index in [9.17, 15) is 0 Å². The van der Waals surface area contributed by atoms with Gasteiger partial charge in [0, 0.05) is 14.2 Å². The van der Waals surface area contributed by atoms with Crippen LogP contribution in [-0.2, 0) is 22.7 Å². The first-order valence-corrected chi connectivity index (χ1v) is 4.76. The van der Waals surface area contributed by atoms with Crippen molar-refractivity contribution in [2.24, 2.45) is 0 Å². The van der Waals surface area contributed by atoms with Crippen molar-refractivity contribution in [3.63, 3.8) is 0 Å². The number of hydrogen-bond acceptors (Lipinski definition) is 2. The number of ether oxygens (including phenoxy) is 2. The highest BCUT2D eigenvalue weighted by atomic mass is 16.5. The van der Waals surface area contributed by atoms with E-state index >= 15 is 0 Å². The average molecular weight is 194 g/mol. The predicted molar refractivity (Wildman–Crippen MR) is 57.3 cm³/mol. The Bertz CT molecular complexity index is 274. The van der Waals surface area contributed by atoms with E-state index in [0.717, 1.165) is 0 Å². The molecule has 0 saturated heterocycles. The van der Waals surface area contributed by atoms with E-state index in [2.05, 4.69) is 26.0 Å². The molecule has 0 unspecified atom stereocenters. The van der Waals surface area contributed by atoms with Crippen LogP contribution in [0, 0.1) is 13.8 Å². The van der Waals surface area contributed by atoms with Gasteiger partial charge in [-0.1, -0.05) is 12.1 Å². The lowest BCUT2D eigenvalue weighted by Gasteiger charge is -2.11. The molecule has 0 bridgehead atoms. The highest BCUT2D eigenvalue weighted by Gasteiger charge is 2.04. The summed E-state index contributed by atoms with van der Waals surface area (Å²) in [5.41, 5.74) is 5.05. The van der Waals surface area contributed by atoms with Crippen LogP contribution in [-0.4, -0.2) is 14.2 Å². The van der Waals surface area contributed by atoms with Crippen molar-refractivity contribution in [2.75, 3.05) is 14.2 Å². The molecule has 0 spiro atoms. The van der Waals surface area contributed by atoms with E-state index < -0.39 is 0 Å². The van der Waals surface area contributed by atoms with Crippen molar-refractivity contribution in [1.82, 2.24) is 0 Å². The number of rotatable bonds is 4. The standard InChI is InChI=1S/C12H18O2/c1-9-5-11(7-13-3)12(8-14-4)6-10(9)2/h5-6H,7-8H2,1-4H3. The van der Waals surface area contributed by atoms with Gasteiger partial charge in [-0.2, -0.15) is 0 Å². The Morgan fingerprint density at radius 1 is 0.857 bits per heavy atom. The third-order valence-corrected chi connectivity index (χ3v) is 2.42. The minimum absolute atomic E-state index is 0.653. The van der Waals surface area contributed by atoms with Crippen LogP contribution in [0.2, 0.25) is 0 Å². The zero-order chi connectivity index (χ0) is 10.6. The van der Waals surface area contributed by atoms with Gasteiger partial charge in [0.05, 0.1) is 13.2 Å². The van der Waals surface area contributed by atoms with Crippen molar-refractivity contribution in [3.05, 3.63) is 34.4 Å². The summed E-state index contributed by atoms with van der Waals surface area (Å²) in [5, 5.41) is 0. The van der Waals surface area contributed by atoms with Crippen LogP contribution in [0.25, 0.3) is 0 Å². The molecule has 0 saturated carbocycles. The molecule has 0 N–H and O–H groups in total. The lowest BCUT2D eigenvalue weighted by molar-refractivity contribution is 0.168. The van der Waals surface area contributed by atoms with Crippen molar-refractivity contribution in [1.29, 1.82) is 0 Å². The van der Waals surface area contributed by atoms with Gasteiger partial charge < -0.3 is 9.47 Å². The fraction of sp³-hybridized carbons (Fsp3) is 0.500. The van der Waals surface area contributed by atoms with Gasteiger partial charge in [0.25, 0.3) is 0 Å². The second-order valence-corrected chi connectivity index (χ2v) is 3.57. The molecule has 0 fully saturated rings. The first-order valence-electron chi connectivity index (χ1n) is 4.76. The smallest absolute Gasteiger partial charge is 0.0716 e. The summed E-state index contributed by atoms with van der Waals surface area (Å²) in [5.74, 6) is 0. The van der Waals surface area contributed by atoms with Crippen LogP contribution in [0.3, 0.4) is 0 Å². The van der Waals surface area contributed by atoms with Crippen molar-refractivity contribution in [2.45, 2.75) is 27.1 Å². The Morgan fingerprint density at radius 2 is 1.21 bits per heavy atom. The second-order valence-electron chi connectivity index (χ2n) is 3.57. The van der Waals surface area contributed by atoms with E-state index in [1.165, 1.54) is 22.3 Å². The Labute approximate surface area is 85.8 Å². The minimum atomic E-state index is 0.653. The molecular formula is C12H18O2. The van der Waals surface area contributed by atoms with Gasteiger partial charge in [-0.25, -0.2) is 0 Å². The van der Waals surface area contributed by atoms with Crippen LogP contribution in [0.5, 0.6) is 0 Å². The Kier molecular flexibility index (Phi) is 4.11. The minimum Gasteiger partial charge on any atom is -0.380 e. The van der Waals surface area contributed by atoms with E-state index in [0.29, 0.717) is 13.2 Å². The molecule has 0 aliphatic carbocycles. The van der Waals surface area contributed by atoms with E-state index in [-0.39, 0.29) is 0 Å². The largest absolute Gasteiger partial charge is 0.380 e. The van der Waals surface area contributed by atoms with Crippen LogP contribution in [0.15, 0.2) is 12.1 Å². The fourth-order valence-electron chi connectivity index (χ4n) is 1.52. The molecule has 0 atom stereocenters. The van der Waals surface area contributed by atoms with Crippen LogP contribution >= 0.6 is 0 Å². The summed E-state index contributed by atoms with van der Waals surface area (Å²) in [4.78, 5) is 0. The van der Waals surface area contributed by atoms with E-state index in [1.807, 2.05) is 0 Å². The number of methoxy groups -OCH3 is 2. The highest BCUT2D eigenvalue weighted by molar-refractivity contribution is 5.36. The monoisotopic (exact) mass is 194 g/mol. The molecule has 0 heterocycles. The third-order valence-electron chi connectivity index (χ3n) is 2.42. The van der Waals surface area contributed by atoms with Crippen LogP contribution in [0.1, 0.15) is 22.3 Å². The topological polar surface area (TPSA) is 18.5 Å². The lowest BCUT2D eigenvalue weighted by Crippen LogP contribution is -1.99. The quantitative estimate of drug-likeness (QED) is 0.733. The molecular weight excluding hydrogens is 176 g/mol. The Hall–Kier alpha value is -0.860. The Balaban J connectivity index is 3.03. The van der Waals surface area contributed by atoms with Gasteiger partial charge in [0.2, 0.25) is 0 Å². The van der Waals surface area contributed by atoms with Crippen LogP contribution in [0.4, 0.5) is 0 Å². The van der Waals surface area contributed by atoms with Crippen molar-refractivity contribution >= 4 is 0 Å². The average Bonchev–Trinajstić information content (AvgIpc) is 2.14. The summed E-state index contributed by atoms with van der Waals surface area (Å²) in [7, 11) is 3.43. The van der Waals surface area contributed by atoms with Gasteiger partial charge >= 0.3 is 0 Å². The molecule has 2 heteroatoms. The maximum Gasteiger partial charge on any atom is 0.0716 e. The van der Waals surface area contributed by atoms with Gasteiger partial charge in [-0.3, -0.25) is 0 Å². The van der Waals surface area contributed by atoms with Gasteiger partial charge in [-0.15, -0.1) is 0 Å². The lowest BCUT2D eigenvalue weighted by atomic mass is 10.0. The maximum absolute atomic E-state index is 5.15. The molecule has 0 aromatic heterocycles. The molecule has 1 rings (SSSR count). The molecule has 0 radical (unpaired) electrons. The van der Waals surface area contributed by atoms with Gasteiger partial charge in [0.1, 0.15) is 0 Å². The fourth-order valence-corrected chi connectivity index (χ4v) is 1.52. The number of aryl methyl sites for hydroxylation is 2. The SMILES string of the molecule is COCc1cc(C)c(C)cc1COC. The van der Waals surface area contributed by atoms with Gasteiger partial charge in [0.15, 0.2) is 0 Å². The number of hydrogen-bond donors (Lipinski definition) is 0. The molecule has 1 aromatic carbocycles. The molecule has 2 nitrogen and oxygen atoms in total. The van der Waals surface area contributed by atoms with E-state index in [1.54, 1.807) is 14.2 Å². The van der Waals surface area contributed by atoms with E-state index in [4.69, 9.17) is 9.47 Å². The summed E-state index contributed by atoms with van der Waals surface area (Å²) >= 11 is 0.